The maximum absolute atomic E-state index is 13.1. The lowest BCUT2D eigenvalue weighted by atomic mass is 10.3. The number of imidazole rings is 1. The summed E-state index contributed by atoms with van der Waals surface area (Å²) in [5.74, 6) is 0.431. The summed E-state index contributed by atoms with van der Waals surface area (Å²) in [5.41, 5.74) is 1.64. The lowest BCUT2D eigenvalue weighted by molar-refractivity contribution is 0.627. The van der Waals surface area contributed by atoms with Gasteiger partial charge in [0.2, 0.25) is 5.95 Å². The first-order valence-corrected chi connectivity index (χ1v) is 6.29. The predicted octanol–water partition coefficient (Wildman–Crippen LogP) is 3.55. The number of nitrogens with one attached hydrogen (secondary N) is 1. The van der Waals surface area contributed by atoms with Gasteiger partial charge in [0.15, 0.2) is 0 Å². The number of aromatic nitrogens is 2. The molecule has 0 unspecified atom stereocenters. The van der Waals surface area contributed by atoms with E-state index in [-0.39, 0.29) is 5.82 Å². The molecule has 2 aromatic rings. The minimum absolute atomic E-state index is 0.336. The Balaban J connectivity index is 2.03. The molecule has 1 fully saturated rings. The molecular weight excluding hydrogens is 253 g/mol. The Morgan fingerprint density at radius 1 is 1.44 bits per heavy atom. The molecule has 1 N–H and O–H groups in total. The molecule has 94 valence electrons. The summed E-state index contributed by atoms with van der Waals surface area (Å²) in [7, 11) is 0. The molecule has 1 aliphatic carbocycles. The van der Waals surface area contributed by atoms with Crippen LogP contribution in [0.4, 0.5) is 10.3 Å². The maximum Gasteiger partial charge on any atom is 0.208 e. The van der Waals surface area contributed by atoms with Gasteiger partial charge < -0.3 is 5.32 Å². The quantitative estimate of drug-likeness (QED) is 0.920. The monoisotopic (exact) mass is 265 g/mol. The normalized spacial score (nSPS) is 14.8. The van der Waals surface area contributed by atoms with Crippen molar-refractivity contribution in [2.75, 3.05) is 5.32 Å². The molecule has 1 aromatic carbocycles. The highest BCUT2D eigenvalue weighted by Crippen LogP contribution is 2.28. The Kier molecular flexibility index (Phi) is 2.74. The number of rotatable bonds is 3. The largest absolute Gasteiger partial charge is 0.353 e. The van der Waals surface area contributed by atoms with E-state index in [1.54, 1.807) is 6.07 Å². The standard InChI is InChI=1S/C13H13ClFN3/c1-8-7-18(13(16-8)17-10-3-4-10)12-5-2-9(15)6-11(12)14/h2,5-7,10H,3-4H2,1H3,(H,16,17). The van der Waals surface area contributed by atoms with Crippen LogP contribution in [-0.2, 0) is 0 Å². The van der Waals surface area contributed by atoms with Gasteiger partial charge in [0.25, 0.3) is 0 Å². The second kappa shape index (κ2) is 4.28. The van der Waals surface area contributed by atoms with Crippen LogP contribution in [0.15, 0.2) is 24.4 Å². The van der Waals surface area contributed by atoms with Gasteiger partial charge in [-0.3, -0.25) is 4.57 Å². The van der Waals surface area contributed by atoms with Crippen molar-refractivity contribution in [3.8, 4) is 5.69 Å². The summed E-state index contributed by atoms with van der Waals surface area (Å²) in [6.07, 6.45) is 4.23. The fourth-order valence-corrected chi connectivity index (χ4v) is 2.13. The van der Waals surface area contributed by atoms with Gasteiger partial charge in [-0.05, 0) is 38.0 Å². The molecule has 0 saturated heterocycles. The highest BCUT2D eigenvalue weighted by molar-refractivity contribution is 6.32. The van der Waals surface area contributed by atoms with E-state index in [1.165, 1.54) is 25.0 Å². The third kappa shape index (κ3) is 2.20. The van der Waals surface area contributed by atoms with E-state index in [2.05, 4.69) is 10.3 Å². The predicted molar refractivity (Wildman–Crippen MR) is 69.9 cm³/mol. The zero-order chi connectivity index (χ0) is 12.7. The molecule has 0 amide bonds. The molecule has 0 radical (unpaired) electrons. The molecule has 0 atom stereocenters. The highest BCUT2D eigenvalue weighted by atomic mass is 35.5. The minimum atomic E-state index is -0.336. The summed E-state index contributed by atoms with van der Waals surface area (Å²) in [4.78, 5) is 4.43. The van der Waals surface area contributed by atoms with Gasteiger partial charge in [-0.15, -0.1) is 0 Å². The van der Waals surface area contributed by atoms with Crippen molar-refractivity contribution in [1.82, 2.24) is 9.55 Å². The van der Waals surface area contributed by atoms with Crippen molar-refractivity contribution >= 4 is 17.5 Å². The van der Waals surface area contributed by atoms with Crippen molar-refractivity contribution < 1.29 is 4.39 Å². The van der Waals surface area contributed by atoms with Crippen LogP contribution in [0.25, 0.3) is 5.69 Å². The lowest BCUT2D eigenvalue weighted by Crippen LogP contribution is -2.08. The van der Waals surface area contributed by atoms with Gasteiger partial charge in [-0.25, -0.2) is 9.37 Å². The van der Waals surface area contributed by atoms with E-state index in [1.807, 2.05) is 17.7 Å². The summed E-state index contributed by atoms with van der Waals surface area (Å²) >= 11 is 6.08. The zero-order valence-electron chi connectivity index (χ0n) is 9.95. The molecule has 0 bridgehead atoms. The number of hydrogen-bond acceptors (Lipinski definition) is 2. The second-order valence-electron chi connectivity index (χ2n) is 4.59. The van der Waals surface area contributed by atoms with Crippen molar-refractivity contribution in [3.05, 3.63) is 40.9 Å². The average molecular weight is 266 g/mol. The van der Waals surface area contributed by atoms with Gasteiger partial charge in [-0.1, -0.05) is 11.6 Å². The van der Waals surface area contributed by atoms with Gasteiger partial charge in [0.1, 0.15) is 5.82 Å². The van der Waals surface area contributed by atoms with Crippen LogP contribution < -0.4 is 5.32 Å². The first-order chi connectivity index (χ1) is 8.63. The molecule has 1 heterocycles. The first-order valence-electron chi connectivity index (χ1n) is 5.91. The summed E-state index contributed by atoms with van der Waals surface area (Å²) in [6.45, 7) is 1.92. The van der Waals surface area contributed by atoms with Crippen LogP contribution in [0.3, 0.4) is 0 Å². The molecule has 0 aliphatic heterocycles. The van der Waals surface area contributed by atoms with Gasteiger partial charge >= 0.3 is 0 Å². The Bertz CT molecular complexity index is 590. The Hall–Kier alpha value is -1.55. The lowest BCUT2D eigenvalue weighted by Gasteiger charge is -2.10. The number of halogens is 2. The maximum atomic E-state index is 13.1. The number of aryl methyl sites for hydroxylation is 1. The van der Waals surface area contributed by atoms with Crippen molar-refractivity contribution in [1.29, 1.82) is 0 Å². The molecule has 1 aromatic heterocycles. The molecule has 18 heavy (non-hydrogen) atoms. The number of benzene rings is 1. The molecule has 3 nitrogen and oxygen atoms in total. The topological polar surface area (TPSA) is 29.9 Å². The fraction of sp³-hybridized carbons (Fsp3) is 0.308. The van der Waals surface area contributed by atoms with Gasteiger partial charge in [-0.2, -0.15) is 0 Å². The molecular formula is C13H13ClFN3. The van der Waals surface area contributed by atoms with E-state index in [4.69, 9.17) is 11.6 Å². The SMILES string of the molecule is Cc1cn(-c2ccc(F)cc2Cl)c(NC2CC2)n1. The van der Waals surface area contributed by atoms with Crippen LogP contribution in [0, 0.1) is 12.7 Å². The average Bonchev–Trinajstić information content (AvgIpc) is 3.03. The van der Waals surface area contributed by atoms with Crippen molar-refractivity contribution in [2.45, 2.75) is 25.8 Å². The second-order valence-corrected chi connectivity index (χ2v) is 5.00. The molecule has 1 aliphatic rings. The smallest absolute Gasteiger partial charge is 0.208 e. The number of anilines is 1. The van der Waals surface area contributed by atoms with Crippen LogP contribution in [0.2, 0.25) is 5.02 Å². The fourth-order valence-electron chi connectivity index (χ4n) is 1.87. The van der Waals surface area contributed by atoms with Crippen molar-refractivity contribution in [2.24, 2.45) is 0 Å². The highest BCUT2D eigenvalue weighted by Gasteiger charge is 2.23. The van der Waals surface area contributed by atoms with E-state index in [9.17, 15) is 4.39 Å². The Labute approximate surface area is 110 Å². The first kappa shape index (κ1) is 11.5. The molecule has 1 saturated carbocycles. The third-order valence-corrected chi connectivity index (χ3v) is 3.21. The van der Waals surface area contributed by atoms with Crippen LogP contribution in [0.5, 0.6) is 0 Å². The Morgan fingerprint density at radius 2 is 2.22 bits per heavy atom. The van der Waals surface area contributed by atoms with E-state index >= 15 is 0 Å². The minimum Gasteiger partial charge on any atom is -0.353 e. The van der Waals surface area contributed by atoms with Crippen LogP contribution in [0.1, 0.15) is 18.5 Å². The summed E-state index contributed by atoms with van der Waals surface area (Å²) in [6, 6.07) is 4.88. The number of hydrogen-bond donors (Lipinski definition) is 1. The third-order valence-electron chi connectivity index (χ3n) is 2.91. The van der Waals surface area contributed by atoms with Crippen molar-refractivity contribution in [3.63, 3.8) is 0 Å². The molecule has 0 spiro atoms. The zero-order valence-corrected chi connectivity index (χ0v) is 10.7. The number of nitrogens with zero attached hydrogens (tertiary/aromatic N) is 2. The summed E-state index contributed by atoms with van der Waals surface area (Å²) in [5, 5.41) is 3.73. The van der Waals surface area contributed by atoms with E-state index in [0.29, 0.717) is 11.1 Å². The van der Waals surface area contributed by atoms with E-state index in [0.717, 1.165) is 17.3 Å². The van der Waals surface area contributed by atoms with Crippen LogP contribution >= 0.6 is 11.6 Å². The van der Waals surface area contributed by atoms with Gasteiger partial charge in [0, 0.05) is 12.2 Å². The molecule has 3 rings (SSSR count). The van der Waals surface area contributed by atoms with Crippen LogP contribution in [-0.4, -0.2) is 15.6 Å². The molecule has 5 heteroatoms. The van der Waals surface area contributed by atoms with E-state index < -0.39 is 0 Å². The summed E-state index contributed by atoms with van der Waals surface area (Å²) < 4.78 is 14.9. The Morgan fingerprint density at radius 3 is 2.89 bits per heavy atom. The van der Waals surface area contributed by atoms with Gasteiger partial charge in [0.05, 0.1) is 16.4 Å².